The minimum Gasteiger partial charge on any atom is -0.353 e. The number of urea groups is 1. The fourth-order valence-corrected chi connectivity index (χ4v) is 1.59. The average Bonchev–Trinajstić information content (AvgIpc) is 2.44. The number of ether oxygens (including phenoxy) is 2. The van der Waals surface area contributed by atoms with Crippen molar-refractivity contribution in [3.05, 3.63) is 0 Å². The van der Waals surface area contributed by atoms with E-state index in [1.807, 2.05) is 0 Å². The normalized spacial score (nSPS) is 26.6. The first-order chi connectivity index (χ1) is 6.60. The smallest absolute Gasteiger partial charge is 0.322 e. The van der Waals surface area contributed by atoms with Gasteiger partial charge < -0.3 is 14.8 Å². The lowest BCUT2D eigenvalue weighted by Gasteiger charge is -2.31. The molecule has 1 heterocycles. The summed E-state index contributed by atoms with van der Waals surface area (Å²) in [5, 5.41) is 4.68. The Morgan fingerprint density at radius 3 is 2.21 bits per heavy atom. The highest BCUT2D eigenvalue weighted by molar-refractivity contribution is 6.07. The van der Waals surface area contributed by atoms with Gasteiger partial charge in [-0.2, -0.15) is 0 Å². The minimum atomic E-state index is -1.11. The van der Waals surface area contributed by atoms with Crippen LogP contribution >= 0.6 is 0 Å². The quantitative estimate of drug-likeness (QED) is 0.480. The van der Waals surface area contributed by atoms with Crippen LogP contribution < -0.4 is 10.6 Å². The van der Waals surface area contributed by atoms with E-state index in [1.165, 1.54) is 14.2 Å². The predicted molar refractivity (Wildman–Crippen MR) is 47.5 cm³/mol. The van der Waals surface area contributed by atoms with Crippen molar-refractivity contribution >= 4 is 11.9 Å². The zero-order valence-electron chi connectivity index (χ0n) is 8.42. The van der Waals surface area contributed by atoms with E-state index in [0.29, 0.717) is 6.42 Å². The Balaban J connectivity index is 2.95. The number of hydrogen-bond donors (Lipinski definition) is 2. The standard InChI is InChI=1S/C8H14N2O4/c1-4-8(6(13-2)14-3)5(11)9-7(12)10-8/h6H,4H2,1-3H3,(H2,9,10,11,12)/t8-/m1/s1. The summed E-state index contributed by atoms with van der Waals surface area (Å²) in [5.41, 5.74) is -1.11. The Bertz CT molecular complexity index is 252. The number of amides is 3. The molecule has 0 aliphatic carbocycles. The topological polar surface area (TPSA) is 76.7 Å². The lowest BCUT2D eigenvalue weighted by Crippen LogP contribution is -2.57. The van der Waals surface area contributed by atoms with Crippen LogP contribution in [0, 0.1) is 0 Å². The van der Waals surface area contributed by atoms with Crippen LogP contribution in [0.5, 0.6) is 0 Å². The summed E-state index contributed by atoms with van der Waals surface area (Å²) in [6, 6.07) is -0.518. The van der Waals surface area contributed by atoms with Crippen LogP contribution in [0.4, 0.5) is 4.79 Å². The molecule has 0 radical (unpaired) electrons. The van der Waals surface area contributed by atoms with Gasteiger partial charge in [0.05, 0.1) is 0 Å². The third-order valence-electron chi connectivity index (χ3n) is 2.36. The fourth-order valence-electron chi connectivity index (χ4n) is 1.59. The van der Waals surface area contributed by atoms with Crippen LogP contribution in [0.15, 0.2) is 0 Å². The van der Waals surface area contributed by atoms with Crippen LogP contribution in [0.3, 0.4) is 0 Å². The van der Waals surface area contributed by atoms with Gasteiger partial charge in [-0.15, -0.1) is 0 Å². The van der Waals surface area contributed by atoms with Gasteiger partial charge in [-0.3, -0.25) is 10.1 Å². The van der Waals surface area contributed by atoms with Crippen molar-refractivity contribution < 1.29 is 19.1 Å². The zero-order chi connectivity index (χ0) is 10.8. The van der Waals surface area contributed by atoms with E-state index in [0.717, 1.165) is 0 Å². The van der Waals surface area contributed by atoms with Crippen molar-refractivity contribution in [3.63, 3.8) is 0 Å². The molecule has 0 aromatic rings. The molecular weight excluding hydrogens is 188 g/mol. The van der Waals surface area contributed by atoms with E-state index in [2.05, 4.69) is 10.6 Å². The number of carbonyl (C=O) groups excluding carboxylic acids is 2. The van der Waals surface area contributed by atoms with Gasteiger partial charge >= 0.3 is 6.03 Å². The molecule has 0 spiro atoms. The maximum Gasteiger partial charge on any atom is 0.322 e. The van der Waals surface area contributed by atoms with E-state index in [-0.39, 0.29) is 0 Å². The van der Waals surface area contributed by atoms with Gasteiger partial charge in [0.1, 0.15) is 0 Å². The van der Waals surface area contributed by atoms with Crippen molar-refractivity contribution in [3.8, 4) is 0 Å². The Morgan fingerprint density at radius 1 is 1.36 bits per heavy atom. The fraction of sp³-hybridized carbons (Fsp3) is 0.750. The largest absolute Gasteiger partial charge is 0.353 e. The monoisotopic (exact) mass is 202 g/mol. The molecule has 1 aliphatic rings. The summed E-state index contributed by atoms with van der Waals surface area (Å²) in [6.45, 7) is 1.77. The minimum absolute atomic E-state index is 0.400. The molecule has 1 atom stereocenters. The first kappa shape index (κ1) is 10.9. The summed E-state index contributed by atoms with van der Waals surface area (Å²) in [4.78, 5) is 22.6. The lowest BCUT2D eigenvalue weighted by molar-refractivity contribution is -0.164. The zero-order valence-corrected chi connectivity index (χ0v) is 8.42. The molecule has 0 aromatic carbocycles. The highest BCUT2D eigenvalue weighted by atomic mass is 16.7. The summed E-state index contributed by atoms with van der Waals surface area (Å²) in [6.07, 6.45) is -0.379. The molecule has 0 unspecified atom stereocenters. The van der Waals surface area contributed by atoms with E-state index in [4.69, 9.17) is 9.47 Å². The molecule has 1 aliphatic heterocycles. The summed E-state index contributed by atoms with van der Waals surface area (Å²) in [5.74, 6) is -0.418. The molecule has 6 heteroatoms. The maximum absolute atomic E-state index is 11.5. The lowest BCUT2D eigenvalue weighted by atomic mass is 9.95. The van der Waals surface area contributed by atoms with Crippen molar-refractivity contribution in [1.29, 1.82) is 0 Å². The van der Waals surface area contributed by atoms with E-state index in [9.17, 15) is 9.59 Å². The average molecular weight is 202 g/mol. The Labute approximate surface area is 81.9 Å². The Morgan fingerprint density at radius 2 is 1.93 bits per heavy atom. The van der Waals surface area contributed by atoms with Gasteiger partial charge in [0.25, 0.3) is 5.91 Å². The number of carbonyl (C=O) groups is 2. The SMILES string of the molecule is CC[C@@]1(C(OC)OC)NC(=O)NC1=O. The molecule has 0 aromatic heterocycles. The van der Waals surface area contributed by atoms with Crippen LogP contribution in [0.25, 0.3) is 0 Å². The number of methoxy groups -OCH3 is 2. The molecular formula is C8H14N2O4. The first-order valence-corrected chi connectivity index (χ1v) is 4.30. The molecule has 14 heavy (non-hydrogen) atoms. The Hall–Kier alpha value is -1.14. The van der Waals surface area contributed by atoms with Gasteiger partial charge in [0, 0.05) is 14.2 Å². The molecule has 3 amide bonds. The van der Waals surface area contributed by atoms with Gasteiger partial charge in [0.15, 0.2) is 11.8 Å². The third-order valence-corrected chi connectivity index (χ3v) is 2.36. The van der Waals surface area contributed by atoms with E-state index >= 15 is 0 Å². The number of rotatable bonds is 4. The molecule has 1 rings (SSSR count). The van der Waals surface area contributed by atoms with E-state index in [1.54, 1.807) is 6.92 Å². The van der Waals surface area contributed by atoms with Gasteiger partial charge in [-0.25, -0.2) is 4.79 Å². The van der Waals surface area contributed by atoms with Crippen molar-refractivity contribution in [2.75, 3.05) is 14.2 Å². The van der Waals surface area contributed by atoms with Gasteiger partial charge in [-0.1, -0.05) is 6.92 Å². The van der Waals surface area contributed by atoms with Crippen molar-refractivity contribution in [2.24, 2.45) is 0 Å². The number of imide groups is 1. The van der Waals surface area contributed by atoms with Gasteiger partial charge in [0.2, 0.25) is 0 Å². The molecule has 1 fully saturated rings. The summed E-state index contributed by atoms with van der Waals surface area (Å²) in [7, 11) is 2.84. The number of nitrogens with one attached hydrogen (secondary N) is 2. The van der Waals surface area contributed by atoms with E-state index < -0.39 is 23.8 Å². The van der Waals surface area contributed by atoms with Crippen LogP contribution in [0.2, 0.25) is 0 Å². The third kappa shape index (κ3) is 1.46. The highest BCUT2D eigenvalue weighted by Gasteiger charge is 2.51. The summed E-state index contributed by atoms with van der Waals surface area (Å²) >= 11 is 0. The molecule has 6 nitrogen and oxygen atoms in total. The predicted octanol–water partition coefficient (Wildman–Crippen LogP) is -0.406. The first-order valence-electron chi connectivity index (χ1n) is 4.30. The maximum atomic E-state index is 11.5. The molecule has 0 bridgehead atoms. The van der Waals surface area contributed by atoms with Crippen LogP contribution in [0.1, 0.15) is 13.3 Å². The molecule has 80 valence electrons. The molecule has 2 N–H and O–H groups in total. The second-order valence-corrected chi connectivity index (χ2v) is 3.04. The molecule has 1 saturated heterocycles. The second kappa shape index (κ2) is 3.93. The summed E-state index contributed by atoms with van der Waals surface area (Å²) < 4.78 is 10.00. The Kier molecular flexibility index (Phi) is 3.07. The second-order valence-electron chi connectivity index (χ2n) is 3.04. The van der Waals surface area contributed by atoms with Crippen LogP contribution in [-0.2, 0) is 14.3 Å². The van der Waals surface area contributed by atoms with Crippen molar-refractivity contribution in [2.45, 2.75) is 25.2 Å². The van der Waals surface area contributed by atoms with Crippen molar-refractivity contribution in [1.82, 2.24) is 10.6 Å². The van der Waals surface area contributed by atoms with Crippen LogP contribution in [-0.4, -0.2) is 38.0 Å². The molecule has 0 saturated carbocycles. The highest BCUT2D eigenvalue weighted by Crippen LogP contribution is 2.22. The van der Waals surface area contributed by atoms with Gasteiger partial charge in [-0.05, 0) is 6.42 Å². The number of hydrogen-bond acceptors (Lipinski definition) is 4.